The van der Waals surface area contributed by atoms with Crippen LogP contribution in [0.2, 0.25) is 0 Å². The molecule has 0 atom stereocenters. The molecule has 1 N–H and O–H groups in total. The first kappa shape index (κ1) is 12.9. The Morgan fingerprint density at radius 3 is 2.60 bits per heavy atom. The van der Waals surface area contributed by atoms with E-state index in [2.05, 4.69) is 38.4 Å². The number of nitrogens with zero attached hydrogens (tertiary/aromatic N) is 3. The Hall–Kier alpha value is -2.10. The summed E-state index contributed by atoms with van der Waals surface area (Å²) >= 11 is 0. The average molecular weight is 268 g/mol. The predicted molar refractivity (Wildman–Crippen MR) is 82.0 cm³/mol. The molecule has 0 unspecified atom stereocenters. The lowest BCUT2D eigenvalue weighted by atomic mass is 10.2. The molecule has 0 bridgehead atoms. The molecule has 1 saturated heterocycles. The van der Waals surface area contributed by atoms with Crippen LogP contribution in [0.25, 0.3) is 0 Å². The Bertz CT molecular complexity index is 562. The minimum atomic E-state index is 0.718. The summed E-state index contributed by atoms with van der Waals surface area (Å²) in [5.74, 6) is 1.77. The second-order valence-corrected chi connectivity index (χ2v) is 5.22. The van der Waals surface area contributed by atoms with E-state index in [-0.39, 0.29) is 0 Å². The Morgan fingerprint density at radius 1 is 1.10 bits per heavy atom. The summed E-state index contributed by atoms with van der Waals surface area (Å²) in [5.41, 5.74) is 2.25. The van der Waals surface area contributed by atoms with Crippen molar-refractivity contribution in [2.45, 2.75) is 26.3 Å². The van der Waals surface area contributed by atoms with E-state index in [0.717, 1.165) is 37.1 Å². The molecule has 1 aromatic heterocycles. The number of aromatic nitrogens is 2. The van der Waals surface area contributed by atoms with Gasteiger partial charge < -0.3 is 10.2 Å². The monoisotopic (exact) mass is 268 g/mol. The number of hydrogen-bond donors (Lipinski definition) is 1. The summed E-state index contributed by atoms with van der Waals surface area (Å²) in [6.07, 6.45) is 2.52. The first-order valence-electron chi connectivity index (χ1n) is 7.20. The van der Waals surface area contributed by atoms with Crippen molar-refractivity contribution < 1.29 is 0 Å². The van der Waals surface area contributed by atoms with Crippen molar-refractivity contribution in [2.75, 3.05) is 23.3 Å². The lowest BCUT2D eigenvalue weighted by Gasteiger charge is -2.17. The summed E-state index contributed by atoms with van der Waals surface area (Å²) < 4.78 is 0. The van der Waals surface area contributed by atoms with Crippen molar-refractivity contribution in [3.8, 4) is 0 Å². The van der Waals surface area contributed by atoms with Gasteiger partial charge in [-0.15, -0.1) is 0 Å². The molecule has 1 aliphatic rings. The maximum Gasteiger partial charge on any atom is 0.225 e. The second-order valence-electron chi connectivity index (χ2n) is 5.22. The predicted octanol–water partition coefficient (Wildman–Crippen LogP) is 3.00. The third-order valence-electron chi connectivity index (χ3n) is 3.56. The Kier molecular flexibility index (Phi) is 3.81. The molecule has 1 fully saturated rings. The summed E-state index contributed by atoms with van der Waals surface area (Å²) in [6.45, 7) is 4.99. The molecule has 0 saturated carbocycles. The van der Waals surface area contributed by atoms with Crippen LogP contribution in [0.15, 0.2) is 36.4 Å². The molecular weight excluding hydrogens is 248 g/mol. The minimum absolute atomic E-state index is 0.718. The third kappa shape index (κ3) is 3.07. The van der Waals surface area contributed by atoms with Crippen LogP contribution in [-0.2, 0) is 6.54 Å². The van der Waals surface area contributed by atoms with Gasteiger partial charge in [-0.05, 0) is 25.3 Å². The molecular formula is C16H20N4. The first-order chi connectivity index (χ1) is 9.81. The number of benzene rings is 1. The molecule has 1 aromatic carbocycles. The highest BCUT2D eigenvalue weighted by atomic mass is 15.2. The van der Waals surface area contributed by atoms with Gasteiger partial charge >= 0.3 is 0 Å². The fourth-order valence-corrected chi connectivity index (χ4v) is 2.52. The van der Waals surface area contributed by atoms with E-state index in [0.29, 0.717) is 0 Å². The number of nitrogens with one attached hydrogen (secondary N) is 1. The van der Waals surface area contributed by atoms with E-state index in [9.17, 15) is 0 Å². The van der Waals surface area contributed by atoms with Gasteiger partial charge in [-0.25, -0.2) is 4.98 Å². The molecule has 2 aromatic rings. The van der Waals surface area contributed by atoms with Gasteiger partial charge in [0.05, 0.1) is 0 Å². The SMILES string of the molecule is Cc1cc(N2CCCC2)nc(NCc2ccccc2)n1. The summed E-state index contributed by atoms with van der Waals surface area (Å²) in [5, 5.41) is 3.32. The van der Waals surface area contributed by atoms with Crippen molar-refractivity contribution in [2.24, 2.45) is 0 Å². The largest absolute Gasteiger partial charge is 0.356 e. The molecule has 0 spiro atoms. The Labute approximate surface area is 119 Å². The molecule has 104 valence electrons. The zero-order valence-corrected chi connectivity index (χ0v) is 11.8. The summed E-state index contributed by atoms with van der Waals surface area (Å²) in [7, 11) is 0. The summed E-state index contributed by atoms with van der Waals surface area (Å²) in [4.78, 5) is 11.4. The van der Waals surface area contributed by atoms with E-state index in [1.54, 1.807) is 0 Å². The van der Waals surface area contributed by atoms with Crippen molar-refractivity contribution in [1.29, 1.82) is 0 Å². The molecule has 0 amide bonds. The van der Waals surface area contributed by atoms with Crippen molar-refractivity contribution in [1.82, 2.24) is 9.97 Å². The molecule has 1 aliphatic heterocycles. The van der Waals surface area contributed by atoms with Crippen molar-refractivity contribution >= 4 is 11.8 Å². The number of rotatable bonds is 4. The van der Waals surface area contributed by atoms with E-state index < -0.39 is 0 Å². The molecule has 4 nitrogen and oxygen atoms in total. The molecule has 0 radical (unpaired) electrons. The van der Waals surface area contributed by atoms with Crippen LogP contribution in [0.3, 0.4) is 0 Å². The average Bonchev–Trinajstić information content (AvgIpc) is 3.00. The van der Waals surface area contributed by atoms with E-state index in [1.807, 2.05) is 25.1 Å². The van der Waals surface area contributed by atoms with Gasteiger partial charge in [-0.3, -0.25) is 0 Å². The van der Waals surface area contributed by atoms with Crippen LogP contribution in [0, 0.1) is 6.92 Å². The van der Waals surface area contributed by atoms with Crippen molar-refractivity contribution in [3.05, 3.63) is 47.7 Å². The summed E-state index contributed by atoms with van der Waals surface area (Å²) in [6, 6.07) is 12.4. The van der Waals surface area contributed by atoms with Gasteiger partial charge in [-0.1, -0.05) is 30.3 Å². The van der Waals surface area contributed by atoms with E-state index in [1.165, 1.54) is 18.4 Å². The lowest BCUT2D eigenvalue weighted by molar-refractivity contribution is 0.915. The van der Waals surface area contributed by atoms with Gasteiger partial charge in [0.1, 0.15) is 5.82 Å². The van der Waals surface area contributed by atoms with Gasteiger partial charge in [-0.2, -0.15) is 4.98 Å². The number of aryl methyl sites for hydroxylation is 1. The van der Waals surface area contributed by atoms with Crippen LogP contribution >= 0.6 is 0 Å². The van der Waals surface area contributed by atoms with E-state index in [4.69, 9.17) is 0 Å². The van der Waals surface area contributed by atoms with Crippen LogP contribution < -0.4 is 10.2 Å². The molecule has 4 heteroatoms. The zero-order valence-electron chi connectivity index (χ0n) is 11.8. The van der Waals surface area contributed by atoms with Crippen LogP contribution in [0.5, 0.6) is 0 Å². The number of hydrogen-bond acceptors (Lipinski definition) is 4. The fourth-order valence-electron chi connectivity index (χ4n) is 2.52. The zero-order chi connectivity index (χ0) is 13.8. The normalized spacial score (nSPS) is 14.6. The molecule has 3 rings (SSSR count). The maximum absolute atomic E-state index is 4.63. The Morgan fingerprint density at radius 2 is 1.85 bits per heavy atom. The molecule has 2 heterocycles. The van der Waals surface area contributed by atoms with Gasteiger partial charge in [0.2, 0.25) is 5.95 Å². The van der Waals surface area contributed by atoms with Gasteiger partial charge in [0.15, 0.2) is 0 Å². The standard InChI is InChI=1S/C16H20N4/c1-13-11-15(20-9-5-6-10-20)19-16(18-13)17-12-14-7-3-2-4-8-14/h2-4,7-8,11H,5-6,9-10,12H2,1H3,(H,17,18,19). The van der Waals surface area contributed by atoms with Crippen LogP contribution in [0.4, 0.5) is 11.8 Å². The van der Waals surface area contributed by atoms with E-state index >= 15 is 0 Å². The highest BCUT2D eigenvalue weighted by Gasteiger charge is 2.14. The second kappa shape index (κ2) is 5.90. The smallest absolute Gasteiger partial charge is 0.225 e. The Balaban J connectivity index is 1.72. The first-order valence-corrected chi connectivity index (χ1v) is 7.20. The minimum Gasteiger partial charge on any atom is -0.356 e. The fraction of sp³-hybridized carbons (Fsp3) is 0.375. The third-order valence-corrected chi connectivity index (χ3v) is 3.56. The number of anilines is 2. The van der Waals surface area contributed by atoms with Gasteiger partial charge in [0, 0.05) is 31.4 Å². The topological polar surface area (TPSA) is 41.1 Å². The van der Waals surface area contributed by atoms with Crippen LogP contribution in [-0.4, -0.2) is 23.1 Å². The molecule has 20 heavy (non-hydrogen) atoms. The maximum atomic E-state index is 4.63. The van der Waals surface area contributed by atoms with Gasteiger partial charge in [0.25, 0.3) is 0 Å². The molecule has 0 aliphatic carbocycles. The van der Waals surface area contributed by atoms with Crippen LogP contribution in [0.1, 0.15) is 24.1 Å². The highest BCUT2D eigenvalue weighted by Crippen LogP contribution is 2.20. The van der Waals surface area contributed by atoms with Crippen molar-refractivity contribution in [3.63, 3.8) is 0 Å². The quantitative estimate of drug-likeness (QED) is 0.925. The highest BCUT2D eigenvalue weighted by molar-refractivity contribution is 5.45. The lowest BCUT2D eigenvalue weighted by Crippen LogP contribution is -2.20.